The molecule has 0 fully saturated rings. The van der Waals surface area contributed by atoms with Crippen molar-refractivity contribution in [1.29, 1.82) is 0 Å². The summed E-state index contributed by atoms with van der Waals surface area (Å²) in [6.45, 7) is 4.24. The average Bonchev–Trinajstić information content (AvgIpc) is 3.14. The zero-order valence-electron chi connectivity index (χ0n) is 15.7. The summed E-state index contributed by atoms with van der Waals surface area (Å²) in [5.41, 5.74) is -1.13. The van der Waals surface area contributed by atoms with Crippen LogP contribution in [0.4, 0.5) is 13.2 Å². The second kappa shape index (κ2) is 9.02. The smallest absolute Gasteiger partial charge is 0.137 e. The van der Waals surface area contributed by atoms with E-state index in [1.54, 1.807) is 23.1 Å². The van der Waals surface area contributed by atoms with Crippen molar-refractivity contribution in [2.45, 2.75) is 18.7 Å². The molecule has 1 aromatic heterocycles. The van der Waals surface area contributed by atoms with E-state index < -0.39 is 17.2 Å². The molecule has 0 unspecified atom stereocenters. The fourth-order valence-electron chi connectivity index (χ4n) is 3.30. The van der Waals surface area contributed by atoms with E-state index in [1.807, 2.05) is 0 Å². The highest BCUT2D eigenvalue weighted by molar-refractivity contribution is 5.26. The molecular weight excluding hydrogens is 381 g/mol. The standard InChI is InChI=1S/C21H21F3N4O/c1-2-8-27(11-16-4-3-5-17(22)9-16)12-21(29,13-28-15-25-14-26-28)19-7-6-18(23)10-20(19)24/h2-7,9-10,14-15,29H,1,8,11-13H2/t21-/m0/s1. The molecule has 0 aliphatic rings. The molecule has 3 rings (SSSR count). The topological polar surface area (TPSA) is 54.2 Å². The van der Waals surface area contributed by atoms with Gasteiger partial charge in [-0.05, 0) is 23.8 Å². The maximum Gasteiger partial charge on any atom is 0.137 e. The first-order chi connectivity index (χ1) is 13.9. The number of hydrogen-bond donors (Lipinski definition) is 1. The van der Waals surface area contributed by atoms with Gasteiger partial charge in [0.1, 0.15) is 35.7 Å². The molecule has 152 valence electrons. The first-order valence-corrected chi connectivity index (χ1v) is 8.97. The number of benzene rings is 2. The molecule has 0 saturated carbocycles. The SMILES string of the molecule is C=CCN(Cc1cccc(F)c1)C[C@](O)(Cn1cncn1)c1ccc(F)cc1F. The maximum atomic E-state index is 14.6. The van der Waals surface area contributed by atoms with Gasteiger partial charge in [0, 0.05) is 31.3 Å². The largest absolute Gasteiger partial charge is 0.382 e. The van der Waals surface area contributed by atoms with Crippen LogP contribution in [-0.2, 0) is 18.7 Å². The highest BCUT2D eigenvalue weighted by atomic mass is 19.1. The Morgan fingerprint density at radius 3 is 2.59 bits per heavy atom. The average molecular weight is 402 g/mol. The van der Waals surface area contributed by atoms with Crippen LogP contribution < -0.4 is 0 Å². The lowest BCUT2D eigenvalue weighted by Crippen LogP contribution is -2.44. The zero-order valence-corrected chi connectivity index (χ0v) is 15.7. The molecule has 3 aromatic rings. The highest BCUT2D eigenvalue weighted by Crippen LogP contribution is 2.28. The van der Waals surface area contributed by atoms with Crippen molar-refractivity contribution < 1.29 is 18.3 Å². The van der Waals surface area contributed by atoms with Gasteiger partial charge in [-0.1, -0.05) is 24.3 Å². The molecule has 0 aliphatic heterocycles. The molecule has 0 bridgehead atoms. The van der Waals surface area contributed by atoms with E-state index in [0.717, 1.165) is 12.1 Å². The predicted molar refractivity (Wildman–Crippen MR) is 102 cm³/mol. The maximum absolute atomic E-state index is 14.6. The van der Waals surface area contributed by atoms with E-state index in [1.165, 1.54) is 35.5 Å². The number of aromatic nitrogens is 3. The predicted octanol–water partition coefficient (Wildman–Crippen LogP) is 3.27. The lowest BCUT2D eigenvalue weighted by molar-refractivity contribution is -0.0210. The van der Waals surface area contributed by atoms with Crippen LogP contribution in [0, 0.1) is 17.5 Å². The van der Waals surface area contributed by atoms with Crippen molar-refractivity contribution in [1.82, 2.24) is 19.7 Å². The number of aliphatic hydroxyl groups is 1. The fourth-order valence-corrected chi connectivity index (χ4v) is 3.30. The number of rotatable bonds is 9. The summed E-state index contributed by atoms with van der Waals surface area (Å²) >= 11 is 0. The van der Waals surface area contributed by atoms with Gasteiger partial charge in [-0.15, -0.1) is 6.58 Å². The van der Waals surface area contributed by atoms with E-state index in [4.69, 9.17) is 0 Å². The quantitative estimate of drug-likeness (QED) is 0.558. The minimum atomic E-state index is -1.75. The molecule has 1 atom stereocenters. The molecular formula is C21H21F3N4O. The number of halogens is 3. The van der Waals surface area contributed by atoms with Crippen molar-refractivity contribution >= 4 is 0 Å². The first-order valence-electron chi connectivity index (χ1n) is 8.97. The summed E-state index contributed by atoms with van der Waals surface area (Å²) in [4.78, 5) is 5.64. The van der Waals surface area contributed by atoms with Crippen LogP contribution in [0.1, 0.15) is 11.1 Å². The summed E-state index contributed by atoms with van der Waals surface area (Å²) in [7, 11) is 0. The van der Waals surface area contributed by atoms with Gasteiger partial charge in [0.2, 0.25) is 0 Å². The Morgan fingerprint density at radius 1 is 1.14 bits per heavy atom. The zero-order chi connectivity index (χ0) is 20.9. The number of hydrogen-bond acceptors (Lipinski definition) is 4. The summed E-state index contributed by atoms with van der Waals surface area (Å²) < 4.78 is 42.9. The van der Waals surface area contributed by atoms with Gasteiger partial charge in [-0.3, -0.25) is 4.90 Å². The third kappa shape index (κ3) is 5.30. The van der Waals surface area contributed by atoms with Crippen LogP contribution in [0.15, 0.2) is 67.8 Å². The van der Waals surface area contributed by atoms with Crippen molar-refractivity contribution in [3.8, 4) is 0 Å². The molecule has 0 aliphatic carbocycles. The van der Waals surface area contributed by atoms with Crippen molar-refractivity contribution in [2.24, 2.45) is 0 Å². The summed E-state index contributed by atoms with van der Waals surface area (Å²) in [5.74, 6) is -1.97. The van der Waals surface area contributed by atoms with Gasteiger partial charge < -0.3 is 5.11 Å². The van der Waals surface area contributed by atoms with Gasteiger partial charge in [-0.2, -0.15) is 5.10 Å². The van der Waals surface area contributed by atoms with Gasteiger partial charge in [0.05, 0.1) is 6.54 Å². The molecule has 1 heterocycles. The molecule has 0 radical (unpaired) electrons. The lowest BCUT2D eigenvalue weighted by atomic mass is 9.92. The molecule has 5 nitrogen and oxygen atoms in total. The molecule has 2 aromatic carbocycles. The Balaban J connectivity index is 1.93. The summed E-state index contributed by atoms with van der Waals surface area (Å²) in [6.07, 6.45) is 4.34. The molecule has 29 heavy (non-hydrogen) atoms. The Hall–Kier alpha value is -2.97. The Kier molecular flexibility index (Phi) is 6.46. The van der Waals surface area contributed by atoms with Crippen molar-refractivity contribution in [3.05, 3.63) is 96.4 Å². The van der Waals surface area contributed by atoms with Gasteiger partial charge in [-0.25, -0.2) is 22.8 Å². The third-order valence-corrected chi connectivity index (χ3v) is 4.49. The van der Waals surface area contributed by atoms with Crippen LogP contribution in [0.5, 0.6) is 0 Å². The monoisotopic (exact) mass is 402 g/mol. The number of nitrogens with zero attached hydrogens (tertiary/aromatic N) is 4. The van der Waals surface area contributed by atoms with Crippen LogP contribution >= 0.6 is 0 Å². The van der Waals surface area contributed by atoms with E-state index in [0.29, 0.717) is 18.7 Å². The minimum Gasteiger partial charge on any atom is -0.382 e. The summed E-state index contributed by atoms with van der Waals surface area (Å²) in [5, 5.41) is 15.4. The molecule has 1 N–H and O–H groups in total. The fraction of sp³-hybridized carbons (Fsp3) is 0.238. The second-order valence-electron chi connectivity index (χ2n) is 6.84. The van der Waals surface area contributed by atoms with Gasteiger partial charge in [0.25, 0.3) is 0 Å². The lowest BCUT2D eigenvalue weighted by Gasteiger charge is -2.34. The third-order valence-electron chi connectivity index (χ3n) is 4.49. The normalized spacial score (nSPS) is 13.4. The van der Waals surface area contributed by atoms with E-state index >= 15 is 0 Å². The molecule has 0 spiro atoms. The van der Waals surface area contributed by atoms with E-state index in [2.05, 4.69) is 16.7 Å². The first kappa shape index (κ1) is 20.8. The second-order valence-corrected chi connectivity index (χ2v) is 6.84. The Bertz CT molecular complexity index is 964. The van der Waals surface area contributed by atoms with Gasteiger partial charge in [0.15, 0.2) is 0 Å². The van der Waals surface area contributed by atoms with Crippen molar-refractivity contribution in [3.63, 3.8) is 0 Å². The van der Waals surface area contributed by atoms with Gasteiger partial charge >= 0.3 is 0 Å². The molecule has 0 saturated heterocycles. The Labute approximate surface area is 166 Å². The van der Waals surface area contributed by atoms with Crippen LogP contribution in [0.3, 0.4) is 0 Å². The van der Waals surface area contributed by atoms with Crippen molar-refractivity contribution in [2.75, 3.05) is 13.1 Å². The minimum absolute atomic E-state index is 0.0298. The Morgan fingerprint density at radius 2 is 1.93 bits per heavy atom. The molecule has 0 amide bonds. The van der Waals surface area contributed by atoms with Crippen LogP contribution in [-0.4, -0.2) is 37.9 Å². The highest BCUT2D eigenvalue weighted by Gasteiger charge is 2.35. The van der Waals surface area contributed by atoms with E-state index in [9.17, 15) is 18.3 Å². The van der Waals surface area contributed by atoms with Crippen LogP contribution in [0.25, 0.3) is 0 Å². The summed E-state index contributed by atoms with van der Waals surface area (Å²) in [6, 6.07) is 9.13. The molecule has 8 heteroatoms. The van der Waals surface area contributed by atoms with Crippen LogP contribution in [0.2, 0.25) is 0 Å². The van der Waals surface area contributed by atoms with E-state index in [-0.39, 0.29) is 24.5 Å².